The lowest BCUT2D eigenvalue weighted by Gasteiger charge is -1.98. The molecule has 2 aromatic rings. The van der Waals surface area contributed by atoms with Crippen molar-refractivity contribution >= 4 is 17.1 Å². The van der Waals surface area contributed by atoms with Crippen molar-refractivity contribution in [2.75, 3.05) is 0 Å². The van der Waals surface area contributed by atoms with E-state index in [1.807, 2.05) is 6.92 Å². The first-order chi connectivity index (χ1) is 7.65. The van der Waals surface area contributed by atoms with E-state index in [-0.39, 0.29) is 18.0 Å². The molecule has 0 bridgehead atoms. The van der Waals surface area contributed by atoms with E-state index < -0.39 is 0 Å². The molecule has 1 heterocycles. The third-order valence-corrected chi connectivity index (χ3v) is 3.10. The summed E-state index contributed by atoms with van der Waals surface area (Å²) in [6.45, 7) is 1.85. The van der Waals surface area contributed by atoms with Crippen molar-refractivity contribution in [3.8, 4) is 0 Å². The largest absolute Gasteiger partial charge is 0.293 e. The molecule has 0 aliphatic carbocycles. The molecule has 0 atom stereocenters. The van der Waals surface area contributed by atoms with E-state index in [1.54, 1.807) is 18.3 Å². The van der Waals surface area contributed by atoms with Gasteiger partial charge in [-0.15, -0.1) is 11.3 Å². The first-order valence-corrected chi connectivity index (χ1v) is 5.67. The van der Waals surface area contributed by atoms with Crippen molar-refractivity contribution in [1.82, 2.24) is 4.98 Å². The summed E-state index contributed by atoms with van der Waals surface area (Å²) >= 11 is 1.36. The fourth-order valence-corrected chi connectivity index (χ4v) is 2.12. The molecule has 82 valence electrons. The smallest absolute Gasteiger partial charge is 0.178 e. The Balaban J connectivity index is 2.13. The average molecular weight is 235 g/mol. The Bertz CT molecular complexity index is 521. The van der Waals surface area contributed by atoms with Gasteiger partial charge in [-0.1, -0.05) is 12.1 Å². The Morgan fingerprint density at radius 1 is 1.50 bits per heavy atom. The van der Waals surface area contributed by atoms with Crippen LogP contribution >= 0.6 is 11.3 Å². The number of halogens is 1. The summed E-state index contributed by atoms with van der Waals surface area (Å²) in [7, 11) is 0. The molecule has 2 rings (SSSR count). The molecular weight excluding hydrogens is 225 g/mol. The average Bonchev–Trinajstić information content (AvgIpc) is 2.65. The minimum Gasteiger partial charge on any atom is -0.293 e. The lowest BCUT2D eigenvalue weighted by Crippen LogP contribution is -2.01. The van der Waals surface area contributed by atoms with Gasteiger partial charge in [0.1, 0.15) is 5.82 Å². The van der Waals surface area contributed by atoms with Crippen LogP contribution in [0, 0.1) is 12.7 Å². The predicted molar refractivity (Wildman–Crippen MR) is 61.3 cm³/mol. The fourth-order valence-electron chi connectivity index (χ4n) is 1.41. The van der Waals surface area contributed by atoms with Gasteiger partial charge in [-0.2, -0.15) is 0 Å². The molecule has 0 unspecified atom stereocenters. The molecule has 0 amide bonds. The van der Waals surface area contributed by atoms with Crippen LogP contribution in [0.1, 0.15) is 20.2 Å². The summed E-state index contributed by atoms with van der Waals surface area (Å²) in [4.78, 5) is 16.4. The second kappa shape index (κ2) is 4.53. The summed E-state index contributed by atoms with van der Waals surface area (Å²) in [5, 5.41) is 0.864. The SMILES string of the molecule is Cc1ncc(C(=O)Cc2cccc(F)c2)s1. The van der Waals surface area contributed by atoms with E-state index in [9.17, 15) is 9.18 Å². The number of aromatic nitrogens is 1. The highest BCUT2D eigenvalue weighted by molar-refractivity contribution is 7.13. The van der Waals surface area contributed by atoms with Gasteiger partial charge < -0.3 is 0 Å². The summed E-state index contributed by atoms with van der Waals surface area (Å²) in [6.07, 6.45) is 1.79. The number of aryl methyl sites for hydroxylation is 1. The quantitative estimate of drug-likeness (QED) is 0.765. The standard InChI is InChI=1S/C12H10FNOS/c1-8-14-7-12(16-8)11(15)6-9-3-2-4-10(13)5-9/h2-5,7H,6H2,1H3. The van der Waals surface area contributed by atoms with Gasteiger partial charge in [-0.25, -0.2) is 9.37 Å². The van der Waals surface area contributed by atoms with Crippen LogP contribution in [0.3, 0.4) is 0 Å². The van der Waals surface area contributed by atoms with Crippen molar-refractivity contribution < 1.29 is 9.18 Å². The van der Waals surface area contributed by atoms with Crippen LogP contribution in [-0.4, -0.2) is 10.8 Å². The second-order valence-electron chi connectivity index (χ2n) is 3.47. The lowest BCUT2D eigenvalue weighted by molar-refractivity contribution is 0.0996. The first kappa shape index (κ1) is 11.0. The Hall–Kier alpha value is -1.55. The molecule has 0 saturated heterocycles. The number of rotatable bonds is 3. The number of Topliss-reactive ketones (excluding diaryl/α,β-unsaturated/α-hetero) is 1. The van der Waals surface area contributed by atoms with Crippen LogP contribution in [0.4, 0.5) is 4.39 Å². The third-order valence-electron chi connectivity index (χ3n) is 2.15. The van der Waals surface area contributed by atoms with Gasteiger partial charge >= 0.3 is 0 Å². The third kappa shape index (κ3) is 2.52. The monoisotopic (exact) mass is 235 g/mol. The topological polar surface area (TPSA) is 30.0 Å². The Labute approximate surface area is 96.8 Å². The Morgan fingerprint density at radius 2 is 2.31 bits per heavy atom. The molecule has 0 spiro atoms. The van der Waals surface area contributed by atoms with E-state index in [0.29, 0.717) is 10.4 Å². The summed E-state index contributed by atoms with van der Waals surface area (Å²) in [5.41, 5.74) is 0.691. The van der Waals surface area contributed by atoms with E-state index in [0.717, 1.165) is 5.01 Å². The maximum absolute atomic E-state index is 12.9. The highest BCUT2D eigenvalue weighted by Gasteiger charge is 2.10. The number of hydrogen-bond acceptors (Lipinski definition) is 3. The predicted octanol–water partition coefficient (Wildman–Crippen LogP) is 3.02. The lowest BCUT2D eigenvalue weighted by atomic mass is 10.1. The molecule has 4 heteroatoms. The molecule has 16 heavy (non-hydrogen) atoms. The summed E-state index contributed by atoms with van der Waals surface area (Å²) in [6, 6.07) is 6.10. The van der Waals surface area contributed by atoms with Crippen LogP contribution in [0.15, 0.2) is 30.5 Å². The first-order valence-electron chi connectivity index (χ1n) is 4.85. The van der Waals surface area contributed by atoms with Gasteiger partial charge in [-0.3, -0.25) is 4.79 Å². The molecule has 1 aromatic carbocycles. The summed E-state index contributed by atoms with van der Waals surface area (Å²) in [5.74, 6) is -0.331. The van der Waals surface area contributed by atoms with Gasteiger partial charge in [0.05, 0.1) is 9.88 Å². The molecule has 0 saturated carbocycles. The number of hydrogen-bond donors (Lipinski definition) is 0. The van der Waals surface area contributed by atoms with Crippen LogP contribution < -0.4 is 0 Å². The van der Waals surface area contributed by atoms with Crippen LogP contribution in [0.25, 0.3) is 0 Å². The zero-order chi connectivity index (χ0) is 11.5. The van der Waals surface area contributed by atoms with Crippen LogP contribution in [0.2, 0.25) is 0 Å². The summed E-state index contributed by atoms with van der Waals surface area (Å²) < 4.78 is 12.9. The van der Waals surface area contributed by atoms with Gasteiger partial charge in [0.25, 0.3) is 0 Å². The normalized spacial score (nSPS) is 10.4. The minimum absolute atomic E-state index is 0.0174. The van der Waals surface area contributed by atoms with Crippen LogP contribution in [-0.2, 0) is 6.42 Å². The number of nitrogens with zero attached hydrogens (tertiary/aromatic N) is 1. The van der Waals surface area contributed by atoms with E-state index in [4.69, 9.17) is 0 Å². The van der Waals surface area contributed by atoms with Crippen LogP contribution in [0.5, 0.6) is 0 Å². The highest BCUT2D eigenvalue weighted by atomic mass is 32.1. The van der Waals surface area contributed by atoms with Gasteiger partial charge in [0.15, 0.2) is 5.78 Å². The number of thiazole rings is 1. The Kier molecular flexibility index (Phi) is 3.10. The van der Waals surface area contributed by atoms with Gasteiger partial charge in [-0.05, 0) is 24.6 Å². The van der Waals surface area contributed by atoms with Crippen molar-refractivity contribution in [2.45, 2.75) is 13.3 Å². The molecule has 0 fully saturated rings. The number of carbonyl (C=O) groups is 1. The van der Waals surface area contributed by atoms with Crippen molar-refractivity contribution in [1.29, 1.82) is 0 Å². The van der Waals surface area contributed by atoms with E-state index >= 15 is 0 Å². The molecule has 0 radical (unpaired) electrons. The molecule has 0 aliphatic heterocycles. The fraction of sp³-hybridized carbons (Fsp3) is 0.167. The maximum atomic E-state index is 12.9. The molecular formula is C12H10FNOS. The van der Waals surface area contributed by atoms with Crippen molar-refractivity contribution in [3.05, 3.63) is 51.7 Å². The van der Waals surface area contributed by atoms with Crippen molar-refractivity contribution in [3.63, 3.8) is 0 Å². The van der Waals surface area contributed by atoms with Gasteiger partial charge in [0.2, 0.25) is 0 Å². The van der Waals surface area contributed by atoms with Gasteiger partial charge in [0, 0.05) is 12.6 Å². The number of ketones is 1. The zero-order valence-corrected chi connectivity index (χ0v) is 9.55. The van der Waals surface area contributed by atoms with E-state index in [1.165, 1.54) is 23.5 Å². The molecule has 2 nitrogen and oxygen atoms in total. The maximum Gasteiger partial charge on any atom is 0.178 e. The highest BCUT2D eigenvalue weighted by Crippen LogP contribution is 2.15. The number of carbonyl (C=O) groups excluding carboxylic acids is 1. The minimum atomic E-state index is -0.314. The molecule has 1 aromatic heterocycles. The molecule has 0 N–H and O–H groups in total. The zero-order valence-electron chi connectivity index (χ0n) is 8.74. The number of benzene rings is 1. The van der Waals surface area contributed by atoms with E-state index in [2.05, 4.69) is 4.98 Å². The Morgan fingerprint density at radius 3 is 2.94 bits per heavy atom. The molecule has 0 aliphatic rings. The van der Waals surface area contributed by atoms with Crippen molar-refractivity contribution in [2.24, 2.45) is 0 Å². The second-order valence-corrected chi connectivity index (χ2v) is 4.71.